The maximum absolute atomic E-state index is 12.4. The topological polar surface area (TPSA) is 95.7 Å². The van der Waals surface area contributed by atoms with Crippen LogP contribution in [-0.4, -0.2) is 49.7 Å². The Morgan fingerprint density at radius 3 is 1.60 bits per heavy atom. The minimum Gasteiger partial charge on any atom is -0.478 e. The molecule has 2 heterocycles. The second-order valence-corrected chi connectivity index (χ2v) is 8.83. The van der Waals surface area contributed by atoms with Crippen molar-refractivity contribution in [2.45, 2.75) is 64.1 Å². The van der Waals surface area contributed by atoms with Crippen molar-refractivity contribution in [1.82, 2.24) is 9.97 Å². The van der Waals surface area contributed by atoms with Crippen molar-refractivity contribution in [3.05, 3.63) is 52.9 Å². The molecule has 0 spiro atoms. The third-order valence-corrected chi connectivity index (χ3v) is 4.01. The molecule has 0 bridgehead atoms. The highest BCUT2D eigenvalue weighted by Crippen LogP contribution is 2.31. The summed E-state index contributed by atoms with van der Waals surface area (Å²) >= 11 is 5.24. The highest BCUT2D eigenvalue weighted by molar-refractivity contribution is 6.29. The molecular formula is C22H29ClF6N2O4. The Bertz CT molecular complexity index is 882. The molecule has 0 saturated heterocycles. The molecule has 0 atom stereocenters. The van der Waals surface area contributed by atoms with Crippen molar-refractivity contribution in [1.29, 1.82) is 0 Å². The first kappa shape index (κ1) is 32.8. The molecule has 0 fully saturated rings. The third-order valence-electron chi connectivity index (χ3n) is 3.80. The van der Waals surface area contributed by atoms with Crippen molar-refractivity contribution in [3.8, 4) is 5.88 Å². The van der Waals surface area contributed by atoms with E-state index in [0.29, 0.717) is 12.8 Å². The lowest BCUT2D eigenvalue weighted by atomic mass is 10.1. The number of rotatable bonds is 6. The lowest BCUT2D eigenvalue weighted by Crippen LogP contribution is -2.22. The van der Waals surface area contributed by atoms with E-state index in [9.17, 15) is 31.4 Å². The molecule has 0 aliphatic rings. The van der Waals surface area contributed by atoms with Crippen LogP contribution in [0.2, 0.25) is 5.15 Å². The molecule has 2 aromatic rings. The zero-order valence-corrected chi connectivity index (χ0v) is 20.3. The van der Waals surface area contributed by atoms with E-state index in [1.807, 2.05) is 0 Å². The Morgan fingerprint density at radius 2 is 1.26 bits per heavy atom. The monoisotopic (exact) mass is 534 g/mol. The normalized spacial score (nSPS) is 12.2. The zero-order chi connectivity index (χ0) is 27.5. The standard InChI is InChI=1S/C11H14F3NO2.C6H3ClF3N.C5H12O2/c1-10(2,16)4-6-17-9-7-8(3-5-15-9)11(12,13)14;7-5-3-4(1-2-11-5)6(8,9)10;1-5(2,7)3-4-6/h3,5,7,16H,4,6H2,1-2H3;1-3H;6-7H,3-4H2,1-2H3. The van der Waals surface area contributed by atoms with E-state index < -0.39 is 34.7 Å². The van der Waals surface area contributed by atoms with Crippen LogP contribution < -0.4 is 4.74 Å². The average Bonchev–Trinajstić information content (AvgIpc) is 2.66. The summed E-state index contributed by atoms with van der Waals surface area (Å²) in [4.78, 5) is 7.09. The van der Waals surface area contributed by atoms with Crippen LogP contribution in [0, 0.1) is 0 Å². The first-order chi connectivity index (χ1) is 15.7. The minimum absolute atomic E-state index is 0.0590. The van der Waals surface area contributed by atoms with Crippen molar-refractivity contribution in [3.63, 3.8) is 0 Å². The molecule has 0 radical (unpaired) electrons. The van der Waals surface area contributed by atoms with Gasteiger partial charge in [0.15, 0.2) is 0 Å². The highest BCUT2D eigenvalue weighted by Gasteiger charge is 2.31. The van der Waals surface area contributed by atoms with Gasteiger partial charge in [0, 0.05) is 31.5 Å². The molecule has 13 heteroatoms. The van der Waals surface area contributed by atoms with Gasteiger partial charge in [0.1, 0.15) is 5.15 Å². The first-order valence-corrected chi connectivity index (χ1v) is 10.5. The Kier molecular flexibility index (Phi) is 13.0. The van der Waals surface area contributed by atoms with Crippen LogP contribution >= 0.6 is 11.6 Å². The van der Waals surface area contributed by atoms with Crippen LogP contribution in [0.4, 0.5) is 26.3 Å². The summed E-state index contributed by atoms with van der Waals surface area (Å²) in [6.45, 7) is 6.69. The molecule has 2 rings (SSSR count). The molecular weight excluding hydrogens is 506 g/mol. The number of ether oxygens (including phenoxy) is 1. The lowest BCUT2D eigenvalue weighted by molar-refractivity contribution is -0.138. The number of pyridine rings is 2. The largest absolute Gasteiger partial charge is 0.478 e. The fourth-order valence-electron chi connectivity index (χ4n) is 1.92. The Balaban J connectivity index is 0.000000550. The van der Waals surface area contributed by atoms with E-state index in [4.69, 9.17) is 26.6 Å². The van der Waals surface area contributed by atoms with Gasteiger partial charge in [-0.05, 0) is 52.3 Å². The number of hydrogen-bond acceptors (Lipinski definition) is 6. The van der Waals surface area contributed by atoms with Gasteiger partial charge >= 0.3 is 12.4 Å². The number of nitrogens with zero attached hydrogens (tertiary/aromatic N) is 2. The Morgan fingerprint density at radius 1 is 0.800 bits per heavy atom. The Labute approximate surface area is 204 Å². The van der Waals surface area contributed by atoms with Crippen LogP contribution in [0.1, 0.15) is 51.7 Å². The second kappa shape index (κ2) is 13.8. The zero-order valence-electron chi connectivity index (χ0n) is 19.6. The fourth-order valence-corrected chi connectivity index (χ4v) is 2.10. The maximum atomic E-state index is 12.4. The molecule has 200 valence electrons. The van der Waals surface area contributed by atoms with Gasteiger partial charge in [0.05, 0.1) is 28.9 Å². The summed E-state index contributed by atoms with van der Waals surface area (Å²) in [5.74, 6) is -0.0934. The SMILES string of the molecule is CC(C)(O)CCO.CC(C)(O)CCOc1cc(C(F)(F)F)ccn1.FC(F)(F)c1ccnc(Cl)c1. The summed E-state index contributed by atoms with van der Waals surface area (Å²) in [6.07, 6.45) is -5.92. The molecule has 0 aliphatic carbocycles. The molecule has 0 aromatic carbocycles. The number of hydrogen-bond donors (Lipinski definition) is 3. The molecule has 3 N–H and O–H groups in total. The third kappa shape index (κ3) is 17.0. The van der Waals surface area contributed by atoms with Crippen molar-refractivity contribution in [2.24, 2.45) is 0 Å². The summed E-state index contributed by atoms with van der Waals surface area (Å²) in [5, 5.41) is 26.3. The van der Waals surface area contributed by atoms with E-state index in [0.717, 1.165) is 36.7 Å². The molecule has 0 unspecified atom stereocenters. The number of halogens is 7. The average molecular weight is 535 g/mol. The molecule has 35 heavy (non-hydrogen) atoms. The lowest BCUT2D eigenvalue weighted by Gasteiger charge is -2.17. The predicted molar refractivity (Wildman–Crippen MR) is 118 cm³/mol. The number of aliphatic hydroxyl groups is 3. The molecule has 0 amide bonds. The minimum atomic E-state index is -4.41. The maximum Gasteiger partial charge on any atom is 0.416 e. The van der Waals surface area contributed by atoms with Crippen molar-refractivity contribution >= 4 is 11.6 Å². The van der Waals surface area contributed by atoms with E-state index in [2.05, 4.69) is 9.97 Å². The van der Waals surface area contributed by atoms with E-state index in [1.54, 1.807) is 27.7 Å². The second-order valence-electron chi connectivity index (χ2n) is 8.44. The molecule has 0 saturated carbocycles. The van der Waals surface area contributed by atoms with Crippen LogP contribution in [-0.2, 0) is 12.4 Å². The molecule has 0 aliphatic heterocycles. The van der Waals surface area contributed by atoms with Gasteiger partial charge in [-0.2, -0.15) is 26.3 Å². The first-order valence-electron chi connectivity index (χ1n) is 10.1. The van der Waals surface area contributed by atoms with Gasteiger partial charge in [-0.25, -0.2) is 9.97 Å². The Hall–Kier alpha value is -2.15. The number of alkyl halides is 6. The van der Waals surface area contributed by atoms with Gasteiger partial charge in [-0.1, -0.05) is 11.6 Å². The summed E-state index contributed by atoms with van der Waals surface area (Å²) in [7, 11) is 0. The quantitative estimate of drug-likeness (QED) is 0.333. The van der Waals surface area contributed by atoms with E-state index in [-0.39, 0.29) is 24.2 Å². The van der Waals surface area contributed by atoms with Crippen LogP contribution in [0.5, 0.6) is 5.88 Å². The highest BCUT2D eigenvalue weighted by atomic mass is 35.5. The van der Waals surface area contributed by atoms with Gasteiger partial charge in [-0.3, -0.25) is 0 Å². The van der Waals surface area contributed by atoms with Gasteiger partial charge < -0.3 is 20.1 Å². The summed E-state index contributed by atoms with van der Waals surface area (Å²) < 4.78 is 77.8. The van der Waals surface area contributed by atoms with Gasteiger partial charge in [0.25, 0.3) is 0 Å². The number of aromatic nitrogens is 2. The smallest absolute Gasteiger partial charge is 0.416 e. The summed E-state index contributed by atoms with van der Waals surface area (Å²) in [6, 6.07) is 3.36. The van der Waals surface area contributed by atoms with Crippen molar-refractivity contribution in [2.75, 3.05) is 13.2 Å². The van der Waals surface area contributed by atoms with E-state index in [1.165, 1.54) is 0 Å². The fraction of sp³-hybridized carbons (Fsp3) is 0.545. The molecule has 6 nitrogen and oxygen atoms in total. The molecule has 2 aromatic heterocycles. The van der Waals surface area contributed by atoms with Crippen molar-refractivity contribution < 1.29 is 46.4 Å². The van der Waals surface area contributed by atoms with Gasteiger partial charge in [-0.15, -0.1) is 0 Å². The summed E-state index contributed by atoms with van der Waals surface area (Å²) in [5.41, 5.74) is -3.20. The van der Waals surface area contributed by atoms with Crippen LogP contribution in [0.15, 0.2) is 36.7 Å². The van der Waals surface area contributed by atoms with Gasteiger partial charge in [0.2, 0.25) is 5.88 Å². The number of aliphatic hydroxyl groups excluding tert-OH is 1. The van der Waals surface area contributed by atoms with E-state index >= 15 is 0 Å². The predicted octanol–water partition coefficient (Wildman–Crippen LogP) is 5.53. The van der Waals surface area contributed by atoms with Crippen LogP contribution in [0.3, 0.4) is 0 Å². The van der Waals surface area contributed by atoms with Crippen LogP contribution in [0.25, 0.3) is 0 Å².